The van der Waals surface area contributed by atoms with Crippen LogP contribution in [0.1, 0.15) is 25.3 Å². The highest BCUT2D eigenvalue weighted by molar-refractivity contribution is 6.06. The number of hydrogen-bond donors (Lipinski definition) is 2. The number of carbonyl (C=O) groups excluding carboxylic acids is 3. The lowest BCUT2D eigenvalue weighted by atomic mass is 9.63. The molecule has 5 rings (SSSR count). The van der Waals surface area contributed by atoms with Gasteiger partial charge in [0.1, 0.15) is 6.17 Å². The van der Waals surface area contributed by atoms with Crippen molar-refractivity contribution in [3.8, 4) is 0 Å². The number of allylic oxidation sites excluding steroid dienone is 2. The van der Waals surface area contributed by atoms with Gasteiger partial charge in [0.05, 0.1) is 11.8 Å². The topological polar surface area (TPSA) is 78.5 Å². The van der Waals surface area contributed by atoms with Crippen LogP contribution in [0.3, 0.4) is 0 Å². The van der Waals surface area contributed by atoms with E-state index >= 15 is 0 Å². The molecule has 0 aromatic heterocycles. The molecular weight excluding hydrogens is 330 g/mol. The number of carbonyl (C=O) groups is 3. The van der Waals surface area contributed by atoms with E-state index in [1.54, 1.807) is 13.0 Å². The Bertz CT molecular complexity index is 771. The second kappa shape index (κ2) is 6.27. The molecule has 2 bridgehead atoms. The number of fused-ring (bicyclic) bond motifs is 1. The van der Waals surface area contributed by atoms with Crippen molar-refractivity contribution in [3.63, 3.8) is 0 Å². The maximum Gasteiger partial charge on any atom is 0.320 e. The molecule has 6 nitrogen and oxygen atoms in total. The van der Waals surface area contributed by atoms with Crippen LogP contribution >= 0.6 is 0 Å². The van der Waals surface area contributed by atoms with Crippen LogP contribution in [-0.2, 0) is 9.59 Å². The molecule has 2 fully saturated rings. The van der Waals surface area contributed by atoms with Crippen LogP contribution < -0.4 is 10.6 Å². The number of nitrogens with zero attached hydrogens (tertiary/aromatic N) is 1. The molecule has 3 aliphatic carbocycles. The molecule has 1 aliphatic heterocycles. The van der Waals surface area contributed by atoms with Gasteiger partial charge < -0.3 is 10.6 Å². The Morgan fingerprint density at radius 1 is 1.12 bits per heavy atom. The Morgan fingerprint density at radius 3 is 2.27 bits per heavy atom. The highest BCUT2D eigenvalue weighted by Crippen LogP contribution is 2.49. The van der Waals surface area contributed by atoms with Gasteiger partial charge in [0.2, 0.25) is 11.8 Å². The van der Waals surface area contributed by atoms with Crippen molar-refractivity contribution in [2.75, 3.05) is 5.32 Å². The summed E-state index contributed by atoms with van der Waals surface area (Å²) in [6, 6.07) is 7.02. The van der Waals surface area contributed by atoms with Gasteiger partial charge in [-0.3, -0.25) is 14.5 Å². The lowest BCUT2D eigenvalue weighted by Gasteiger charge is -2.38. The summed E-state index contributed by atoms with van der Waals surface area (Å²) in [4.78, 5) is 39.3. The predicted molar refractivity (Wildman–Crippen MR) is 97.0 cm³/mol. The number of anilines is 1. The molecule has 5 atom stereocenters. The number of amides is 4. The van der Waals surface area contributed by atoms with Crippen molar-refractivity contribution in [1.82, 2.24) is 10.2 Å². The molecule has 1 heterocycles. The summed E-state index contributed by atoms with van der Waals surface area (Å²) in [5.41, 5.74) is 1.71. The van der Waals surface area contributed by atoms with Gasteiger partial charge in [0, 0.05) is 5.69 Å². The minimum absolute atomic E-state index is 0.151. The predicted octanol–water partition coefficient (Wildman–Crippen LogP) is 2.66. The first-order chi connectivity index (χ1) is 12.5. The van der Waals surface area contributed by atoms with Gasteiger partial charge in [-0.15, -0.1) is 0 Å². The Balaban J connectivity index is 1.45. The van der Waals surface area contributed by atoms with E-state index in [0.29, 0.717) is 5.69 Å². The molecule has 1 saturated carbocycles. The number of aryl methyl sites for hydroxylation is 1. The van der Waals surface area contributed by atoms with Crippen LogP contribution in [0, 0.1) is 30.6 Å². The fraction of sp³-hybridized carbons (Fsp3) is 0.450. The summed E-state index contributed by atoms with van der Waals surface area (Å²) in [7, 11) is 0. The minimum Gasteiger partial charge on any atom is -0.317 e. The second-order valence-corrected chi connectivity index (χ2v) is 7.53. The third-order valence-corrected chi connectivity index (χ3v) is 5.80. The van der Waals surface area contributed by atoms with Crippen LogP contribution in [-0.4, -0.2) is 28.9 Å². The fourth-order valence-electron chi connectivity index (χ4n) is 4.62. The Morgan fingerprint density at radius 2 is 1.73 bits per heavy atom. The van der Waals surface area contributed by atoms with Crippen molar-refractivity contribution in [2.45, 2.75) is 32.9 Å². The molecule has 1 saturated heterocycles. The van der Waals surface area contributed by atoms with E-state index in [-0.39, 0.29) is 35.5 Å². The standard InChI is InChI=1S/C20H23N3O3/c1-11-4-3-5-15(10-11)22-20(26)21-12(2)23-18(24)16-13-6-7-14(9-8-13)17(16)19(23)25/h3-7,10,12-14,16-17H,8-9H2,1-2H3,(H2,21,22,26). The number of benzene rings is 1. The number of rotatable bonds is 3. The van der Waals surface area contributed by atoms with E-state index in [9.17, 15) is 14.4 Å². The third-order valence-electron chi connectivity index (χ3n) is 5.80. The van der Waals surface area contributed by atoms with E-state index in [4.69, 9.17) is 0 Å². The summed E-state index contributed by atoms with van der Waals surface area (Å²) in [6.07, 6.45) is 5.43. The highest BCUT2D eigenvalue weighted by atomic mass is 16.2. The Kier molecular flexibility index (Phi) is 4.05. The largest absolute Gasteiger partial charge is 0.320 e. The van der Waals surface area contributed by atoms with Crippen molar-refractivity contribution >= 4 is 23.5 Å². The molecule has 26 heavy (non-hydrogen) atoms. The average molecular weight is 353 g/mol. The number of imide groups is 1. The smallest absolute Gasteiger partial charge is 0.317 e. The lowest BCUT2D eigenvalue weighted by Crippen LogP contribution is -2.50. The van der Waals surface area contributed by atoms with Crippen LogP contribution in [0.15, 0.2) is 36.4 Å². The van der Waals surface area contributed by atoms with Crippen LogP contribution in [0.4, 0.5) is 10.5 Å². The van der Waals surface area contributed by atoms with Gasteiger partial charge in [-0.1, -0.05) is 24.3 Å². The number of nitrogens with one attached hydrogen (secondary N) is 2. The van der Waals surface area contributed by atoms with Gasteiger partial charge in [-0.05, 0) is 56.2 Å². The summed E-state index contributed by atoms with van der Waals surface area (Å²) >= 11 is 0. The molecule has 2 N–H and O–H groups in total. The van der Waals surface area contributed by atoms with E-state index in [0.717, 1.165) is 18.4 Å². The van der Waals surface area contributed by atoms with Gasteiger partial charge >= 0.3 is 6.03 Å². The van der Waals surface area contributed by atoms with Crippen molar-refractivity contribution in [3.05, 3.63) is 42.0 Å². The minimum atomic E-state index is -0.676. The monoisotopic (exact) mass is 353 g/mol. The normalized spacial score (nSPS) is 30.3. The molecule has 1 aromatic rings. The summed E-state index contributed by atoms with van der Waals surface area (Å²) in [6.45, 7) is 3.62. The van der Waals surface area contributed by atoms with Gasteiger partial charge in [0.15, 0.2) is 0 Å². The molecule has 1 aromatic carbocycles. The van der Waals surface area contributed by atoms with Gasteiger partial charge in [0.25, 0.3) is 0 Å². The Labute approximate surface area is 152 Å². The molecule has 6 heteroatoms. The summed E-state index contributed by atoms with van der Waals surface area (Å²) in [5.74, 6) is -0.505. The number of hydrogen-bond acceptors (Lipinski definition) is 3. The Hall–Kier alpha value is -2.63. The molecule has 4 amide bonds. The number of urea groups is 1. The molecular formula is C20H23N3O3. The second-order valence-electron chi connectivity index (χ2n) is 7.53. The van der Waals surface area contributed by atoms with Gasteiger partial charge in [-0.25, -0.2) is 4.79 Å². The van der Waals surface area contributed by atoms with Crippen molar-refractivity contribution in [2.24, 2.45) is 23.7 Å². The SMILES string of the molecule is Cc1cccc(NC(=O)NC(C)N2C(=O)C3C4C=CC(CC4)C3C2=O)c1. The quantitative estimate of drug-likeness (QED) is 0.648. The zero-order chi connectivity index (χ0) is 18.4. The first-order valence-corrected chi connectivity index (χ1v) is 9.15. The van der Waals surface area contributed by atoms with Crippen molar-refractivity contribution in [1.29, 1.82) is 0 Å². The average Bonchev–Trinajstić information content (AvgIpc) is 2.89. The van der Waals surface area contributed by atoms with Crippen LogP contribution in [0.25, 0.3) is 0 Å². The maximum atomic E-state index is 12.9. The molecule has 136 valence electrons. The highest BCUT2D eigenvalue weighted by Gasteiger charge is 2.57. The summed E-state index contributed by atoms with van der Waals surface area (Å²) < 4.78 is 0. The van der Waals surface area contributed by atoms with E-state index < -0.39 is 12.2 Å². The van der Waals surface area contributed by atoms with Crippen molar-refractivity contribution < 1.29 is 14.4 Å². The first kappa shape index (κ1) is 16.8. The summed E-state index contributed by atoms with van der Waals surface area (Å²) in [5, 5.41) is 5.47. The fourth-order valence-corrected chi connectivity index (χ4v) is 4.62. The zero-order valence-corrected chi connectivity index (χ0v) is 14.9. The number of likely N-dealkylation sites (tertiary alicyclic amines) is 1. The third kappa shape index (κ3) is 2.69. The van der Waals surface area contributed by atoms with Crippen LogP contribution in [0.2, 0.25) is 0 Å². The van der Waals surface area contributed by atoms with E-state index in [1.165, 1.54) is 4.90 Å². The molecule has 0 spiro atoms. The molecule has 0 radical (unpaired) electrons. The van der Waals surface area contributed by atoms with E-state index in [1.807, 2.05) is 25.1 Å². The van der Waals surface area contributed by atoms with Gasteiger partial charge in [-0.2, -0.15) is 0 Å². The molecule has 4 aliphatic rings. The first-order valence-electron chi connectivity index (χ1n) is 9.15. The molecule has 5 unspecified atom stereocenters. The zero-order valence-electron chi connectivity index (χ0n) is 14.9. The lowest BCUT2D eigenvalue weighted by molar-refractivity contribution is -0.142. The van der Waals surface area contributed by atoms with Crippen LogP contribution in [0.5, 0.6) is 0 Å². The maximum absolute atomic E-state index is 12.9. The van der Waals surface area contributed by atoms with E-state index in [2.05, 4.69) is 22.8 Å².